The number of benzene rings is 3. The van der Waals surface area contributed by atoms with Gasteiger partial charge in [-0.2, -0.15) is 0 Å². The van der Waals surface area contributed by atoms with Gasteiger partial charge in [0.25, 0.3) is 5.91 Å². The van der Waals surface area contributed by atoms with E-state index in [0.29, 0.717) is 13.2 Å². The molecule has 0 spiro atoms. The van der Waals surface area contributed by atoms with Crippen LogP contribution in [0.5, 0.6) is 11.5 Å². The van der Waals surface area contributed by atoms with Gasteiger partial charge in [0, 0.05) is 40.8 Å². The molecule has 5 heteroatoms. The molecule has 1 amide bonds. The number of nitrogens with zero attached hydrogens (tertiary/aromatic N) is 2. The Labute approximate surface area is 187 Å². The summed E-state index contributed by atoms with van der Waals surface area (Å²) in [6.07, 6.45) is 4.11. The smallest absolute Gasteiger partial charge is 0.258 e. The Bertz CT molecular complexity index is 1320. The first-order valence-electron chi connectivity index (χ1n) is 10.6. The monoisotopic (exact) mass is 424 g/mol. The highest BCUT2D eigenvalue weighted by molar-refractivity contribution is 6.36. The molecule has 0 atom stereocenters. The second-order valence-electron chi connectivity index (χ2n) is 7.76. The van der Waals surface area contributed by atoms with Crippen LogP contribution < -0.4 is 14.4 Å². The Morgan fingerprint density at radius 3 is 2.44 bits per heavy atom. The van der Waals surface area contributed by atoms with E-state index >= 15 is 0 Å². The molecular weight excluding hydrogens is 400 g/mol. The largest absolute Gasteiger partial charge is 0.497 e. The summed E-state index contributed by atoms with van der Waals surface area (Å²) < 4.78 is 13.3. The van der Waals surface area contributed by atoms with Gasteiger partial charge in [-0.1, -0.05) is 36.4 Å². The Balaban J connectivity index is 1.43. The van der Waals surface area contributed by atoms with E-state index in [1.807, 2.05) is 73.8 Å². The van der Waals surface area contributed by atoms with Gasteiger partial charge >= 0.3 is 0 Å². The van der Waals surface area contributed by atoms with Crippen molar-refractivity contribution in [2.75, 3.05) is 25.7 Å². The van der Waals surface area contributed by atoms with Gasteiger partial charge in [-0.15, -0.1) is 0 Å². The van der Waals surface area contributed by atoms with Crippen LogP contribution in [0.1, 0.15) is 11.1 Å². The lowest BCUT2D eigenvalue weighted by Gasteiger charge is -2.09. The Morgan fingerprint density at radius 1 is 0.906 bits per heavy atom. The van der Waals surface area contributed by atoms with Gasteiger partial charge in [-0.25, -0.2) is 0 Å². The van der Waals surface area contributed by atoms with Crippen LogP contribution in [0, 0.1) is 0 Å². The van der Waals surface area contributed by atoms with Crippen LogP contribution in [0.2, 0.25) is 0 Å². The summed E-state index contributed by atoms with van der Waals surface area (Å²) in [7, 11) is 3.47. The van der Waals surface area contributed by atoms with Gasteiger partial charge in [0.15, 0.2) is 0 Å². The van der Waals surface area contributed by atoms with E-state index in [1.54, 1.807) is 12.0 Å². The van der Waals surface area contributed by atoms with Crippen LogP contribution in [0.4, 0.5) is 5.69 Å². The molecule has 0 fully saturated rings. The Morgan fingerprint density at radius 2 is 1.62 bits per heavy atom. The van der Waals surface area contributed by atoms with E-state index in [0.717, 1.165) is 44.8 Å². The molecule has 1 aliphatic rings. The standard InChI is InChI=1S/C27H24N2O3/c1-28-25-9-5-4-8-23(25)24(27(28)30)17-19-18-29(26-10-6-3-7-22(19)26)15-16-32-21-13-11-20(31-2)12-14-21/h3-14,17-18H,15-16H2,1-2H3/b24-17+. The summed E-state index contributed by atoms with van der Waals surface area (Å²) in [5.41, 5.74) is 4.78. The molecule has 0 saturated carbocycles. The third-order valence-corrected chi connectivity index (χ3v) is 5.87. The number of para-hydroxylation sites is 2. The molecule has 0 unspecified atom stereocenters. The van der Waals surface area contributed by atoms with Crippen LogP contribution in [0.15, 0.2) is 79.0 Å². The summed E-state index contributed by atoms with van der Waals surface area (Å²) in [4.78, 5) is 14.6. The molecule has 5 rings (SSSR count). The molecule has 2 heterocycles. The lowest BCUT2D eigenvalue weighted by Crippen LogP contribution is -2.20. The number of anilines is 1. The molecule has 1 aliphatic heterocycles. The SMILES string of the molecule is COc1ccc(OCCn2cc(/C=C3/C(=O)N(C)c4ccccc43)c3ccccc32)cc1. The number of ether oxygens (including phenoxy) is 2. The number of hydrogen-bond donors (Lipinski definition) is 0. The quantitative estimate of drug-likeness (QED) is 0.397. The highest BCUT2D eigenvalue weighted by atomic mass is 16.5. The summed E-state index contributed by atoms with van der Waals surface area (Å²) in [5, 5.41) is 1.12. The first-order chi connectivity index (χ1) is 15.7. The fourth-order valence-corrected chi connectivity index (χ4v) is 4.20. The molecule has 32 heavy (non-hydrogen) atoms. The molecule has 4 aromatic rings. The maximum Gasteiger partial charge on any atom is 0.258 e. The van der Waals surface area contributed by atoms with Crippen molar-refractivity contribution in [3.8, 4) is 11.5 Å². The van der Waals surface area contributed by atoms with Crippen LogP contribution in [0.3, 0.4) is 0 Å². The average molecular weight is 425 g/mol. The van der Waals surface area contributed by atoms with Crippen molar-refractivity contribution >= 4 is 34.1 Å². The highest BCUT2D eigenvalue weighted by Crippen LogP contribution is 2.37. The van der Waals surface area contributed by atoms with E-state index in [4.69, 9.17) is 9.47 Å². The van der Waals surface area contributed by atoms with Gasteiger partial charge < -0.3 is 18.9 Å². The van der Waals surface area contributed by atoms with Crippen LogP contribution in [0.25, 0.3) is 22.6 Å². The molecule has 160 valence electrons. The number of carbonyl (C=O) groups excluding carboxylic acids is 1. The predicted molar refractivity (Wildman–Crippen MR) is 128 cm³/mol. The minimum Gasteiger partial charge on any atom is -0.497 e. The minimum absolute atomic E-state index is 0.0193. The van der Waals surface area contributed by atoms with Crippen molar-refractivity contribution in [2.24, 2.45) is 0 Å². The molecule has 0 aliphatic carbocycles. The number of likely N-dealkylation sites (N-methyl/N-ethyl adjacent to an activating group) is 1. The number of fused-ring (bicyclic) bond motifs is 2. The van der Waals surface area contributed by atoms with E-state index in [-0.39, 0.29) is 5.91 Å². The molecule has 0 N–H and O–H groups in total. The topological polar surface area (TPSA) is 43.7 Å². The number of amides is 1. The first kappa shape index (κ1) is 19.9. The first-order valence-corrected chi connectivity index (χ1v) is 10.6. The zero-order chi connectivity index (χ0) is 22.1. The van der Waals surface area contributed by atoms with Crippen molar-refractivity contribution in [1.29, 1.82) is 0 Å². The summed E-state index contributed by atoms with van der Waals surface area (Å²) in [5.74, 6) is 1.63. The van der Waals surface area contributed by atoms with Gasteiger partial charge in [0.05, 0.1) is 19.3 Å². The third-order valence-electron chi connectivity index (χ3n) is 5.87. The molecule has 0 radical (unpaired) electrons. The molecule has 1 aromatic heterocycles. The normalized spacial score (nSPS) is 14.2. The second-order valence-corrected chi connectivity index (χ2v) is 7.76. The predicted octanol–water partition coefficient (Wildman–Crippen LogP) is 5.25. The van der Waals surface area contributed by atoms with Crippen molar-refractivity contribution < 1.29 is 14.3 Å². The minimum atomic E-state index is 0.0193. The maximum absolute atomic E-state index is 12.9. The van der Waals surface area contributed by atoms with Crippen molar-refractivity contribution in [2.45, 2.75) is 6.54 Å². The van der Waals surface area contributed by atoms with E-state index in [2.05, 4.69) is 22.9 Å². The van der Waals surface area contributed by atoms with E-state index in [1.165, 1.54) is 0 Å². The number of methoxy groups -OCH3 is 1. The fraction of sp³-hybridized carbons (Fsp3) is 0.148. The van der Waals surface area contributed by atoms with Gasteiger partial charge in [-0.3, -0.25) is 4.79 Å². The molecule has 3 aromatic carbocycles. The average Bonchev–Trinajstić information content (AvgIpc) is 3.30. The third kappa shape index (κ3) is 3.52. The molecular formula is C27H24N2O3. The molecule has 0 bridgehead atoms. The summed E-state index contributed by atoms with van der Waals surface area (Å²) in [6, 6.07) is 23.7. The zero-order valence-electron chi connectivity index (χ0n) is 18.1. The van der Waals surface area contributed by atoms with Crippen LogP contribution in [-0.4, -0.2) is 31.2 Å². The van der Waals surface area contributed by atoms with Crippen LogP contribution >= 0.6 is 0 Å². The second kappa shape index (κ2) is 8.27. The zero-order valence-corrected chi connectivity index (χ0v) is 18.1. The number of rotatable bonds is 6. The number of hydrogen-bond acceptors (Lipinski definition) is 3. The van der Waals surface area contributed by atoms with Crippen molar-refractivity contribution in [3.05, 3.63) is 90.1 Å². The lowest BCUT2D eigenvalue weighted by atomic mass is 10.0. The van der Waals surface area contributed by atoms with Gasteiger partial charge in [-0.05, 0) is 42.5 Å². The highest BCUT2D eigenvalue weighted by Gasteiger charge is 2.29. The Kier molecular flexibility index (Phi) is 5.15. The van der Waals surface area contributed by atoms with Gasteiger partial charge in [0.1, 0.15) is 18.1 Å². The number of carbonyl (C=O) groups is 1. The molecule has 5 nitrogen and oxygen atoms in total. The van der Waals surface area contributed by atoms with Crippen molar-refractivity contribution in [1.82, 2.24) is 4.57 Å². The van der Waals surface area contributed by atoms with Crippen molar-refractivity contribution in [3.63, 3.8) is 0 Å². The fourth-order valence-electron chi connectivity index (χ4n) is 4.20. The maximum atomic E-state index is 12.9. The Hall–Kier alpha value is -3.99. The lowest BCUT2D eigenvalue weighted by molar-refractivity contribution is -0.112. The summed E-state index contributed by atoms with van der Waals surface area (Å²) >= 11 is 0. The van der Waals surface area contributed by atoms with Crippen LogP contribution in [-0.2, 0) is 11.3 Å². The summed E-state index contributed by atoms with van der Waals surface area (Å²) in [6.45, 7) is 1.23. The van der Waals surface area contributed by atoms with E-state index < -0.39 is 0 Å². The molecule has 0 saturated heterocycles. The number of aromatic nitrogens is 1. The van der Waals surface area contributed by atoms with E-state index in [9.17, 15) is 4.79 Å². The van der Waals surface area contributed by atoms with Gasteiger partial charge in [0.2, 0.25) is 0 Å².